The Labute approximate surface area is 229 Å². The lowest BCUT2D eigenvalue weighted by molar-refractivity contribution is -0.138. The van der Waals surface area contributed by atoms with Gasteiger partial charge in [-0.2, -0.15) is 0 Å². The number of hydrogen-bond acceptors (Lipinski definition) is 7. The topological polar surface area (TPSA) is 79.1 Å². The van der Waals surface area contributed by atoms with E-state index in [2.05, 4.69) is 0 Å². The maximum atomic E-state index is 13.9. The van der Waals surface area contributed by atoms with Crippen molar-refractivity contribution >= 4 is 29.1 Å². The van der Waals surface area contributed by atoms with E-state index in [1.165, 1.54) is 11.3 Å². The van der Waals surface area contributed by atoms with Gasteiger partial charge in [-0.3, -0.25) is 9.36 Å². The number of thiazole rings is 1. The van der Waals surface area contributed by atoms with E-state index in [4.69, 9.17) is 19.2 Å². The standard InChI is InChI=1S/C31H28N2O5S/c1-4-37-23-17-16-20(18-24(23)36-3)19-25-29(34)33-28(22-14-10-7-11-15-22)26(30(35)38-5-2)27(32-31(33)39-25)21-12-8-6-9-13-21/h6-19,28H,4-5H2,1-3H3/b25-19-/t28-/m0/s1. The highest BCUT2D eigenvalue weighted by Gasteiger charge is 2.35. The molecule has 5 rings (SSSR count). The fraction of sp³-hybridized carbons (Fsp3) is 0.194. The number of aromatic nitrogens is 1. The molecule has 0 radical (unpaired) electrons. The Morgan fingerprint density at radius 3 is 2.36 bits per heavy atom. The molecule has 0 spiro atoms. The molecule has 0 saturated carbocycles. The molecule has 4 aromatic rings. The molecule has 2 heterocycles. The lowest BCUT2D eigenvalue weighted by atomic mass is 9.93. The van der Waals surface area contributed by atoms with Crippen molar-refractivity contribution < 1.29 is 19.0 Å². The molecule has 0 N–H and O–H groups in total. The number of nitrogens with zero attached hydrogens (tertiary/aromatic N) is 2. The summed E-state index contributed by atoms with van der Waals surface area (Å²) in [5, 5.41) is 0. The molecule has 7 nitrogen and oxygen atoms in total. The van der Waals surface area contributed by atoms with E-state index in [0.29, 0.717) is 38.7 Å². The summed E-state index contributed by atoms with van der Waals surface area (Å²) < 4.78 is 18.7. The molecule has 0 bridgehead atoms. The second-order valence-corrected chi connectivity index (χ2v) is 9.69. The summed E-state index contributed by atoms with van der Waals surface area (Å²) in [6.45, 7) is 4.39. The van der Waals surface area contributed by atoms with Gasteiger partial charge >= 0.3 is 5.97 Å². The van der Waals surface area contributed by atoms with Gasteiger partial charge in [-0.25, -0.2) is 9.79 Å². The summed E-state index contributed by atoms with van der Waals surface area (Å²) in [5.74, 6) is 0.713. The van der Waals surface area contributed by atoms with Gasteiger partial charge in [0.25, 0.3) is 5.56 Å². The van der Waals surface area contributed by atoms with Crippen LogP contribution < -0.4 is 24.4 Å². The highest BCUT2D eigenvalue weighted by Crippen LogP contribution is 2.35. The molecule has 3 aromatic carbocycles. The van der Waals surface area contributed by atoms with Crippen LogP contribution >= 0.6 is 11.3 Å². The first-order valence-corrected chi connectivity index (χ1v) is 13.5. The Balaban J connectivity index is 1.76. The van der Waals surface area contributed by atoms with Gasteiger partial charge in [0.1, 0.15) is 0 Å². The van der Waals surface area contributed by atoms with E-state index < -0.39 is 12.0 Å². The zero-order valence-electron chi connectivity index (χ0n) is 21.9. The average molecular weight is 541 g/mol. The van der Waals surface area contributed by atoms with Crippen LogP contribution in [0, 0.1) is 0 Å². The molecule has 1 aromatic heterocycles. The number of methoxy groups -OCH3 is 1. The molecule has 0 amide bonds. The first kappa shape index (κ1) is 26.2. The molecule has 0 unspecified atom stereocenters. The highest BCUT2D eigenvalue weighted by atomic mass is 32.1. The fourth-order valence-corrected chi connectivity index (χ4v) is 5.59. The van der Waals surface area contributed by atoms with Crippen LogP contribution in [0.3, 0.4) is 0 Å². The first-order valence-electron chi connectivity index (χ1n) is 12.7. The van der Waals surface area contributed by atoms with Crippen LogP contribution in [0.5, 0.6) is 11.5 Å². The summed E-state index contributed by atoms with van der Waals surface area (Å²) in [5.41, 5.74) is 2.93. The molecule has 1 aliphatic heterocycles. The fourth-order valence-electron chi connectivity index (χ4n) is 4.59. The molecule has 0 saturated heterocycles. The molecular weight excluding hydrogens is 512 g/mol. The van der Waals surface area contributed by atoms with E-state index >= 15 is 0 Å². The quantitative estimate of drug-likeness (QED) is 0.311. The van der Waals surface area contributed by atoms with Crippen molar-refractivity contribution in [3.63, 3.8) is 0 Å². The maximum Gasteiger partial charge on any atom is 0.338 e. The van der Waals surface area contributed by atoms with Crippen LogP contribution in [0.4, 0.5) is 0 Å². The van der Waals surface area contributed by atoms with Gasteiger partial charge in [-0.05, 0) is 43.2 Å². The minimum Gasteiger partial charge on any atom is -0.493 e. The van der Waals surface area contributed by atoms with Crippen molar-refractivity contribution in [3.8, 4) is 11.5 Å². The van der Waals surface area contributed by atoms with Crippen LogP contribution in [0.25, 0.3) is 11.8 Å². The maximum absolute atomic E-state index is 13.9. The third kappa shape index (κ3) is 5.15. The normalized spacial score (nSPS) is 14.9. The number of carbonyl (C=O) groups is 1. The van der Waals surface area contributed by atoms with E-state index in [-0.39, 0.29) is 12.2 Å². The van der Waals surface area contributed by atoms with Gasteiger partial charge in [-0.1, -0.05) is 78.1 Å². The van der Waals surface area contributed by atoms with Crippen LogP contribution in [0.1, 0.15) is 36.6 Å². The van der Waals surface area contributed by atoms with Crippen LogP contribution in [-0.4, -0.2) is 30.9 Å². The number of fused-ring (bicyclic) bond motifs is 1. The predicted molar refractivity (Wildman–Crippen MR) is 152 cm³/mol. The van der Waals surface area contributed by atoms with Crippen LogP contribution in [-0.2, 0) is 9.53 Å². The molecule has 1 aliphatic rings. The molecular formula is C31H28N2O5S. The third-order valence-corrected chi connectivity index (χ3v) is 7.26. The van der Waals surface area contributed by atoms with Crippen molar-refractivity contribution in [2.24, 2.45) is 4.99 Å². The average Bonchev–Trinajstić information content (AvgIpc) is 3.28. The third-order valence-electron chi connectivity index (χ3n) is 6.27. The molecule has 0 fully saturated rings. The summed E-state index contributed by atoms with van der Waals surface area (Å²) in [6, 6.07) is 23.8. The van der Waals surface area contributed by atoms with Gasteiger partial charge in [0.15, 0.2) is 16.3 Å². The SMILES string of the molecule is CCOC(=O)C1=C(c2ccccc2)N=c2s/c(=C\c3ccc(OCC)c(OC)c3)c(=O)n2[C@H]1c1ccccc1. The Morgan fingerprint density at radius 2 is 1.69 bits per heavy atom. The largest absolute Gasteiger partial charge is 0.493 e. The number of hydrogen-bond donors (Lipinski definition) is 0. The highest BCUT2D eigenvalue weighted by molar-refractivity contribution is 7.07. The monoisotopic (exact) mass is 540 g/mol. The Hall–Kier alpha value is -4.43. The Kier molecular flexibility index (Phi) is 7.74. The smallest absolute Gasteiger partial charge is 0.338 e. The molecule has 1 atom stereocenters. The number of benzene rings is 3. The van der Waals surface area contributed by atoms with Crippen molar-refractivity contribution in [2.75, 3.05) is 20.3 Å². The van der Waals surface area contributed by atoms with Crippen LogP contribution in [0.15, 0.2) is 94.2 Å². The molecule has 39 heavy (non-hydrogen) atoms. The zero-order valence-corrected chi connectivity index (χ0v) is 22.7. The van der Waals surface area contributed by atoms with Crippen molar-refractivity contribution in [1.82, 2.24) is 4.57 Å². The predicted octanol–water partition coefficient (Wildman–Crippen LogP) is 4.34. The van der Waals surface area contributed by atoms with Gasteiger partial charge in [0.2, 0.25) is 0 Å². The van der Waals surface area contributed by atoms with E-state index in [0.717, 1.165) is 16.7 Å². The molecule has 8 heteroatoms. The van der Waals surface area contributed by atoms with Gasteiger partial charge < -0.3 is 14.2 Å². The Morgan fingerprint density at radius 1 is 0.974 bits per heavy atom. The summed E-state index contributed by atoms with van der Waals surface area (Å²) in [6.07, 6.45) is 1.81. The number of carbonyl (C=O) groups excluding carboxylic acids is 1. The van der Waals surface area contributed by atoms with E-state index in [1.54, 1.807) is 24.7 Å². The zero-order chi connectivity index (χ0) is 27.4. The van der Waals surface area contributed by atoms with Crippen molar-refractivity contribution in [2.45, 2.75) is 19.9 Å². The molecule has 198 valence electrons. The second-order valence-electron chi connectivity index (χ2n) is 8.69. The van der Waals surface area contributed by atoms with Gasteiger partial charge in [-0.15, -0.1) is 0 Å². The second kappa shape index (κ2) is 11.5. The van der Waals surface area contributed by atoms with Crippen molar-refractivity contribution in [1.29, 1.82) is 0 Å². The van der Waals surface area contributed by atoms with Gasteiger partial charge in [0, 0.05) is 5.56 Å². The van der Waals surface area contributed by atoms with E-state index in [1.807, 2.05) is 85.8 Å². The summed E-state index contributed by atoms with van der Waals surface area (Å²) in [7, 11) is 1.58. The minimum atomic E-state index is -0.700. The number of ether oxygens (including phenoxy) is 3. The number of rotatable bonds is 8. The lowest BCUT2D eigenvalue weighted by Gasteiger charge is -2.25. The summed E-state index contributed by atoms with van der Waals surface area (Å²) in [4.78, 5) is 32.8. The molecule has 0 aliphatic carbocycles. The lowest BCUT2D eigenvalue weighted by Crippen LogP contribution is -2.39. The van der Waals surface area contributed by atoms with Crippen LogP contribution in [0.2, 0.25) is 0 Å². The summed E-state index contributed by atoms with van der Waals surface area (Å²) >= 11 is 1.28. The Bertz CT molecular complexity index is 1710. The minimum absolute atomic E-state index is 0.204. The van der Waals surface area contributed by atoms with Gasteiger partial charge in [0.05, 0.1) is 42.2 Å². The first-order chi connectivity index (χ1) is 19.0. The number of esters is 1. The van der Waals surface area contributed by atoms with Crippen molar-refractivity contribution in [3.05, 3.63) is 121 Å². The van der Waals surface area contributed by atoms with E-state index in [9.17, 15) is 9.59 Å².